The zero-order chi connectivity index (χ0) is 13.8. The van der Waals surface area contributed by atoms with Crippen LogP contribution in [0.25, 0.3) is 10.9 Å². The number of fused-ring (bicyclic) bond motifs is 1. The molecule has 0 saturated heterocycles. The van der Waals surface area contributed by atoms with Crippen LogP contribution >= 0.6 is 0 Å². The number of aromatic amines is 1. The van der Waals surface area contributed by atoms with E-state index < -0.39 is 0 Å². The van der Waals surface area contributed by atoms with Crippen molar-refractivity contribution in [1.29, 1.82) is 0 Å². The van der Waals surface area contributed by atoms with E-state index in [1.807, 2.05) is 25.1 Å². The van der Waals surface area contributed by atoms with Crippen LogP contribution in [0.2, 0.25) is 0 Å². The zero-order valence-corrected chi connectivity index (χ0v) is 11.7. The van der Waals surface area contributed by atoms with E-state index in [0.29, 0.717) is 18.7 Å². The molecule has 0 aliphatic rings. The van der Waals surface area contributed by atoms with Crippen molar-refractivity contribution in [1.82, 2.24) is 10.3 Å². The van der Waals surface area contributed by atoms with Gasteiger partial charge in [-0.2, -0.15) is 0 Å². The molecule has 0 atom stereocenters. The maximum absolute atomic E-state index is 12.0. The highest BCUT2D eigenvalue weighted by atomic mass is 16.5. The quantitative estimate of drug-likeness (QED) is 0.812. The van der Waals surface area contributed by atoms with Gasteiger partial charge in [0.15, 0.2) is 0 Å². The molecule has 1 aromatic carbocycles. The van der Waals surface area contributed by atoms with Gasteiger partial charge < -0.3 is 15.0 Å². The molecule has 0 saturated carbocycles. The second-order valence-corrected chi connectivity index (χ2v) is 4.74. The summed E-state index contributed by atoms with van der Waals surface area (Å²) in [7, 11) is 1.66. The van der Waals surface area contributed by atoms with Crippen LogP contribution in [0.4, 0.5) is 0 Å². The van der Waals surface area contributed by atoms with Crippen molar-refractivity contribution in [2.24, 2.45) is 0 Å². The smallest absolute Gasteiger partial charge is 0.251 e. The highest BCUT2D eigenvalue weighted by Crippen LogP contribution is 2.22. The summed E-state index contributed by atoms with van der Waals surface area (Å²) in [4.78, 5) is 15.3. The van der Waals surface area contributed by atoms with E-state index in [1.165, 1.54) is 5.56 Å². The maximum Gasteiger partial charge on any atom is 0.251 e. The Morgan fingerprint density at radius 3 is 2.89 bits per heavy atom. The molecule has 2 rings (SSSR count). The maximum atomic E-state index is 12.0. The molecule has 0 bridgehead atoms. The Morgan fingerprint density at radius 1 is 1.37 bits per heavy atom. The fraction of sp³-hybridized carbons (Fsp3) is 0.400. The number of ether oxygens (including phenoxy) is 1. The summed E-state index contributed by atoms with van der Waals surface area (Å²) in [6, 6.07) is 5.75. The molecule has 1 amide bonds. The van der Waals surface area contributed by atoms with Gasteiger partial charge in [0.25, 0.3) is 5.91 Å². The molecule has 4 nitrogen and oxygen atoms in total. The van der Waals surface area contributed by atoms with Crippen LogP contribution in [0.1, 0.15) is 28.0 Å². The first-order valence-electron chi connectivity index (χ1n) is 6.49. The van der Waals surface area contributed by atoms with Gasteiger partial charge in [0, 0.05) is 42.4 Å². The standard InChI is InChI=1S/C15H20N2O2/c1-10-11(2)17-14-6-5-12(9-13(10)14)15(18)16-7-4-8-19-3/h5-6,9,17H,4,7-8H2,1-3H3,(H,16,18). The van der Waals surface area contributed by atoms with E-state index >= 15 is 0 Å². The number of hydrogen-bond acceptors (Lipinski definition) is 2. The Morgan fingerprint density at radius 2 is 2.16 bits per heavy atom. The molecular weight excluding hydrogens is 240 g/mol. The molecule has 0 unspecified atom stereocenters. The molecule has 0 radical (unpaired) electrons. The molecule has 19 heavy (non-hydrogen) atoms. The Labute approximate surface area is 113 Å². The molecule has 2 aromatic rings. The first-order valence-corrected chi connectivity index (χ1v) is 6.49. The van der Waals surface area contributed by atoms with E-state index in [9.17, 15) is 4.79 Å². The van der Waals surface area contributed by atoms with Gasteiger partial charge >= 0.3 is 0 Å². The van der Waals surface area contributed by atoms with Gasteiger partial charge in [0.2, 0.25) is 0 Å². The van der Waals surface area contributed by atoms with Crippen molar-refractivity contribution in [3.8, 4) is 0 Å². The van der Waals surface area contributed by atoms with Gasteiger partial charge in [-0.15, -0.1) is 0 Å². The van der Waals surface area contributed by atoms with E-state index in [0.717, 1.165) is 23.0 Å². The fourth-order valence-corrected chi connectivity index (χ4v) is 2.12. The summed E-state index contributed by atoms with van der Waals surface area (Å²) in [6.07, 6.45) is 0.826. The van der Waals surface area contributed by atoms with Gasteiger partial charge in [0.1, 0.15) is 0 Å². The SMILES string of the molecule is COCCCNC(=O)c1ccc2[nH]c(C)c(C)c2c1. The van der Waals surface area contributed by atoms with Crippen LogP contribution in [-0.4, -0.2) is 31.2 Å². The fourth-order valence-electron chi connectivity index (χ4n) is 2.12. The minimum Gasteiger partial charge on any atom is -0.385 e. The van der Waals surface area contributed by atoms with Crippen molar-refractivity contribution in [2.75, 3.05) is 20.3 Å². The van der Waals surface area contributed by atoms with Crippen LogP contribution in [0.15, 0.2) is 18.2 Å². The predicted octanol–water partition coefficient (Wildman–Crippen LogP) is 2.55. The normalized spacial score (nSPS) is 10.9. The lowest BCUT2D eigenvalue weighted by atomic mass is 10.1. The summed E-state index contributed by atoms with van der Waals surface area (Å²) in [6.45, 7) is 5.40. The minimum absolute atomic E-state index is 0.0312. The summed E-state index contributed by atoms with van der Waals surface area (Å²) in [5, 5.41) is 4.01. The number of H-pyrrole nitrogens is 1. The number of aromatic nitrogens is 1. The molecule has 102 valence electrons. The van der Waals surface area contributed by atoms with Gasteiger partial charge in [0.05, 0.1) is 0 Å². The Hall–Kier alpha value is -1.81. The zero-order valence-electron chi connectivity index (χ0n) is 11.7. The molecule has 0 spiro atoms. The molecule has 1 heterocycles. The molecule has 1 aromatic heterocycles. The lowest BCUT2D eigenvalue weighted by Crippen LogP contribution is -2.25. The van der Waals surface area contributed by atoms with Crippen LogP contribution in [-0.2, 0) is 4.74 Å². The van der Waals surface area contributed by atoms with Gasteiger partial charge in [-0.05, 0) is 44.0 Å². The summed E-state index contributed by atoms with van der Waals surface area (Å²) < 4.78 is 4.95. The number of carbonyl (C=O) groups excluding carboxylic acids is 1. The third-order valence-corrected chi connectivity index (χ3v) is 3.38. The number of rotatable bonds is 5. The van der Waals surface area contributed by atoms with Crippen molar-refractivity contribution < 1.29 is 9.53 Å². The average molecular weight is 260 g/mol. The number of amides is 1. The number of aryl methyl sites for hydroxylation is 2. The first-order chi connectivity index (χ1) is 9.13. The number of methoxy groups -OCH3 is 1. The lowest BCUT2D eigenvalue weighted by molar-refractivity contribution is 0.0949. The minimum atomic E-state index is -0.0312. The van der Waals surface area contributed by atoms with Gasteiger partial charge in [-0.25, -0.2) is 0 Å². The predicted molar refractivity (Wildman–Crippen MR) is 76.6 cm³/mol. The van der Waals surface area contributed by atoms with Crippen molar-refractivity contribution in [2.45, 2.75) is 20.3 Å². The number of hydrogen-bond donors (Lipinski definition) is 2. The Kier molecular flexibility index (Phi) is 4.22. The number of nitrogens with one attached hydrogen (secondary N) is 2. The van der Waals surface area contributed by atoms with Crippen molar-refractivity contribution in [3.63, 3.8) is 0 Å². The lowest BCUT2D eigenvalue weighted by Gasteiger charge is -2.05. The second-order valence-electron chi connectivity index (χ2n) is 4.74. The summed E-state index contributed by atoms with van der Waals surface area (Å²) in [5.74, 6) is -0.0312. The van der Waals surface area contributed by atoms with Crippen LogP contribution in [0, 0.1) is 13.8 Å². The summed E-state index contributed by atoms with van der Waals surface area (Å²) in [5.41, 5.74) is 4.12. The second kappa shape index (κ2) is 5.89. The first kappa shape index (κ1) is 13.6. The molecule has 0 aliphatic heterocycles. The van der Waals surface area contributed by atoms with E-state index in [2.05, 4.69) is 17.2 Å². The van der Waals surface area contributed by atoms with E-state index in [4.69, 9.17) is 4.74 Å². The van der Waals surface area contributed by atoms with Crippen molar-refractivity contribution >= 4 is 16.8 Å². The largest absolute Gasteiger partial charge is 0.385 e. The van der Waals surface area contributed by atoms with Crippen LogP contribution < -0.4 is 5.32 Å². The average Bonchev–Trinajstić information content (AvgIpc) is 2.70. The van der Waals surface area contributed by atoms with Crippen LogP contribution in [0.3, 0.4) is 0 Å². The molecular formula is C15H20N2O2. The number of carbonyl (C=O) groups is 1. The third-order valence-electron chi connectivity index (χ3n) is 3.38. The molecule has 2 N–H and O–H groups in total. The highest BCUT2D eigenvalue weighted by Gasteiger charge is 2.09. The summed E-state index contributed by atoms with van der Waals surface area (Å²) >= 11 is 0. The molecule has 0 fully saturated rings. The monoisotopic (exact) mass is 260 g/mol. The van der Waals surface area contributed by atoms with Crippen LogP contribution in [0.5, 0.6) is 0 Å². The highest BCUT2D eigenvalue weighted by molar-refractivity contribution is 5.99. The molecule has 4 heteroatoms. The van der Waals surface area contributed by atoms with Gasteiger partial charge in [-0.1, -0.05) is 0 Å². The van der Waals surface area contributed by atoms with Crippen molar-refractivity contribution in [3.05, 3.63) is 35.0 Å². The van der Waals surface area contributed by atoms with E-state index in [1.54, 1.807) is 7.11 Å². The molecule has 0 aliphatic carbocycles. The van der Waals surface area contributed by atoms with Gasteiger partial charge in [-0.3, -0.25) is 4.79 Å². The topological polar surface area (TPSA) is 54.1 Å². The Balaban J connectivity index is 2.12. The van der Waals surface area contributed by atoms with E-state index in [-0.39, 0.29) is 5.91 Å². The Bertz CT molecular complexity index is 587. The number of benzene rings is 1. The third kappa shape index (κ3) is 2.96.